The predicted octanol–water partition coefficient (Wildman–Crippen LogP) is 11.2. The van der Waals surface area contributed by atoms with E-state index in [1.807, 2.05) is 0 Å². The maximum Gasteiger partial charge on any atom is 0.0547 e. The van der Waals surface area contributed by atoms with Crippen molar-refractivity contribution < 1.29 is 0 Å². The molecule has 2 heteroatoms. The predicted molar refractivity (Wildman–Crippen MR) is 186 cm³/mol. The summed E-state index contributed by atoms with van der Waals surface area (Å²) in [5, 5.41) is 5.05. The van der Waals surface area contributed by atoms with Crippen molar-refractivity contribution >= 4 is 43.6 Å². The van der Waals surface area contributed by atoms with Crippen molar-refractivity contribution in [3.05, 3.63) is 170 Å². The number of rotatable bonds is 4. The van der Waals surface area contributed by atoms with Gasteiger partial charge in [0.1, 0.15) is 0 Å². The van der Waals surface area contributed by atoms with Crippen molar-refractivity contribution in [2.75, 3.05) is 0 Å². The van der Waals surface area contributed by atoms with Gasteiger partial charge in [0.2, 0.25) is 0 Å². The average molecular weight is 561 g/mol. The second-order valence-electron chi connectivity index (χ2n) is 11.4. The Hall–Kier alpha value is -5.86. The molecule has 0 atom stereocenters. The standard InChI is InChI=1S/C42H28N2/c1-4-12-29(13-5-1)30-21-24-40-37(26-30)38-27-31(22-25-41(38)43(40)33-14-6-2-7-15-33)32-20-23-36-35-18-10-11-19-39(35)44(42(36)28-32)34-16-8-3-9-17-34/h1-28H. The summed E-state index contributed by atoms with van der Waals surface area (Å²) in [6.45, 7) is 0. The highest BCUT2D eigenvalue weighted by molar-refractivity contribution is 6.13. The number of fused-ring (bicyclic) bond motifs is 6. The van der Waals surface area contributed by atoms with Gasteiger partial charge in [0, 0.05) is 32.9 Å². The molecule has 2 aromatic heterocycles. The van der Waals surface area contributed by atoms with Gasteiger partial charge in [-0.15, -0.1) is 0 Å². The lowest BCUT2D eigenvalue weighted by Gasteiger charge is -2.10. The summed E-state index contributed by atoms with van der Waals surface area (Å²) in [6.07, 6.45) is 0. The zero-order valence-corrected chi connectivity index (χ0v) is 24.1. The highest BCUT2D eigenvalue weighted by Crippen LogP contribution is 2.39. The molecule has 0 aliphatic rings. The molecule has 0 unspecified atom stereocenters. The van der Waals surface area contributed by atoms with Crippen molar-refractivity contribution in [2.24, 2.45) is 0 Å². The number of aromatic nitrogens is 2. The normalized spacial score (nSPS) is 11.6. The Balaban J connectivity index is 1.29. The summed E-state index contributed by atoms with van der Waals surface area (Å²) in [4.78, 5) is 0. The van der Waals surface area contributed by atoms with E-state index in [1.54, 1.807) is 0 Å². The molecule has 0 fully saturated rings. The quantitative estimate of drug-likeness (QED) is 0.203. The molecule has 0 saturated heterocycles. The second kappa shape index (κ2) is 9.86. The Morgan fingerprint density at radius 2 is 0.682 bits per heavy atom. The van der Waals surface area contributed by atoms with Crippen molar-refractivity contribution in [1.82, 2.24) is 9.13 Å². The summed E-state index contributed by atoms with van der Waals surface area (Å²) >= 11 is 0. The van der Waals surface area contributed by atoms with E-state index in [2.05, 4.69) is 179 Å². The van der Waals surface area contributed by atoms with Gasteiger partial charge in [0.15, 0.2) is 0 Å². The summed E-state index contributed by atoms with van der Waals surface area (Å²) in [6, 6.07) is 61.4. The second-order valence-corrected chi connectivity index (χ2v) is 11.4. The Morgan fingerprint density at radius 3 is 1.32 bits per heavy atom. The third-order valence-corrected chi connectivity index (χ3v) is 8.91. The Kier molecular flexibility index (Phi) is 5.54. The first kappa shape index (κ1) is 24.7. The van der Waals surface area contributed by atoms with E-state index >= 15 is 0 Å². The SMILES string of the molecule is c1ccc(-c2ccc3c(c2)c2cc(-c4ccc5c6ccccc6n(-c6ccccc6)c5c4)ccc2n3-c2ccccc2)cc1. The zero-order valence-electron chi connectivity index (χ0n) is 24.1. The molecule has 7 aromatic carbocycles. The zero-order chi connectivity index (χ0) is 29.0. The molecule has 0 aliphatic carbocycles. The number of nitrogens with zero attached hydrogens (tertiary/aromatic N) is 2. The van der Waals surface area contributed by atoms with E-state index in [0.717, 1.165) is 0 Å². The van der Waals surface area contributed by atoms with Crippen molar-refractivity contribution in [3.8, 4) is 33.6 Å². The van der Waals surface area contributed by atoms with Crippen LogP contribution in [0.25, 0.3) is 77.2 Å². The highest BCUT2D eigenvalue weighted by Gasteiger charge is 2.16. The third kappa shape index (κ3) is 3.82. The van der Waals surface area contributed by atoms with Crippen LogP contribution in [0.5, 0.6) is 0 Å². The van der Waals surface area contributed by atoms with Gasteiger partial charge in [-0.25, -0.2) is 0 Å². The fourth-order valence-electron chi connectivity index (χ4n) is 6.87. The molecular weight excluding hydrogens is 532 g/mol. The van der Waals surface area contributed by atoms with Crippen molar-refractivity contribution in [3.63, 3.8) is 0 Å². The monoisotopic (exact) mass is 560 g/mol. The Morgan fingerprint density at radius 1 is 0.250 bits per heavy atom. The lowest BCUT2D eigenvalue weighted by molar-refractivity contribution is 1.18. The maximum atomic E-state index is 2.39. The van der Waals surface area contributed by atoms with Gasteiger partial charge >= 0.3 is 0 Å². The molecule has 44 heavy (non-hydrogen) atoms. The number of hydrogen-bond acceptors (Lipinski definition) is 0. The molecule has 0 aliphatic heterocycles. The van der Waals surface area contributed by atoms with E-state index in [4.69, 9.17) is 0 Å². The van der Waals surface area contributed by atoms with Crippen molar-refractivity contribution in [2.45, 2.75) is 0 Å². The van der Waals surface area contributed by atoms with Crippen LogP contribution in [0.4, 0.5) is 0 Å². The summed E-state index contributed by atoms with van der Waals surface area (Å²) in [5.74, 6) is 0. The maximum absolute atomic E-state index is 2.39. The van der Waals surface area contributed by atoms with Crippen LogP contribution in [0, 0.1) is 0 Å². The molecule has 9 rings (SSSR count). The highest BCUT2D eigenvalue weighted by atomic mass is 15.0. The van der Waals surface area contributed by atoms with E-state index in [9.17, 15) is 0 Å². The van der Waals surface area contributed by atoms with E-state index in [1.165, 1.54) is 77.2 Å². The minimum absolute atomic E-state index is 1.17. The first-order chi connectivity index (χ1) is 21.8. The van der Waals surface area contributed by atoms with E-state index in [-0.39, 0.29) is 0 Å². The van der Waals surface area contributed by atoms with Gasteiger partial charge in [-0.3, -0.25) is 0 Å². The average Bonchev–Trinajstić information content (AvgIpc) is 3.61. The fourth-order valence-corrected chi connectivity index (χ4v) is 6.87. The van der Waals surface area contributed by atoms with Crippen LogP contribution in [-0.2, 0) is 0 Å². The van der Waals surface area contributed by atoms with Crippen LogP contribution in [0.15, 0.2) is 170 Å². The molecule has 0 bridgehead atoms. The lowest BCUT2D eigenvalue weighted by Crippen LogP contribution is -1.93. The smallest absolute Gasteiger partial charge is 0.0547 e. The number of hydrogen-bond donors (Lipinski definition) is 0. The Bertz CT molecular complexity index is 2470. The molecule has 0 amide bonds. The van der Waals surface area contributed by atoms with Crippen LogP contribution in [-0.4, -0.2) is 9.13 Å². The van der Waals surface area contributed by atoms with Crippen molar-refractivity contribution in [1.29, 1.82) is 0 Å². The van der Waals surface area contributed by atoms with Crippen LogP contribution >= 0.6 is 0 Å². The molecule has 2 heterocycles. The largest absolute Gasteiger partial charge is 0.309 e. The molecule has 0 spiro atoms. The molecular formula is C42H28N2. The molecule has 2 nitrogen and oxygen atoms in total. The van der Waals surface area contributed by atoms with Gasteiger partial charge in [-0.2, -0.15) is 0 Å². The minimum atomic E-state index is 1.17. The van der Waals surface area contributed by atoms with Gasteiger partial charge in [-0.05, 0) is 82.9 Å². The first-order valence-corrected chi connectivity index (χ1v) is 15.1. The van der Waals surface area contributed by atoms with Gasteiger partial charge in [-0.1, -0.05) is 109 Å². The molecule has 0 radical (unpaired) electrons. The topological polar surface area (TPSA) is 9.86 Å². The molecule has 206 valence electrons. The Labute approximate surface area is 255 Å². The summed E-state index contributed by atoms with van der Waals surface area (Å²) in [7, 11) is 0. The summed E-state index contributed by atoms with van der Waals surface area (Å²) in [5.41, 5.74) is 12.1. The van der Waals surface area contributed by atoms with Gasteiger partial charge in [0.25, 0.3) is 0 Å². The van der Waals surface area contributed by atoms with E-state index < -0.39 is 0 Å². The summed E-state index contributed by atoms with van der Waals surface area (Å²) < 4.78 is 4.78. The third-order valence-electron chi connectivity index (χ3n) is 8.91. The number of para-hydroxylation sites is 3. The van der Waals surface area contributed by atoms with Gasteiger partial charge in [0.05, 0.1) is 22.1 Å². The molecule has 9 aromatic rings. The van der Waals surface area contributed by atoms with Crippen LogP contribution in [0.2, 0.25) is 0 Å². The minimum Gasteiger partial charge on any atom is -0.309 e. The molecule has 0 saturated carbocycles. The lowest BCUT2D eigenvalue weighted by atomic mass is 9.99. The van der Waals surface area contributed by atoms with Gasteiger partial charge < -0.3 is 9.13 Å². The first-order valence-electron chi connectivity index (χ1n) is 15.1. The van der Waals surface area contributed by atoms with Crippen LogP contribution in [0.1, 0.15) is 0 Å². The van der Waals surface area contributed by atoms with Crippen LogP contribution in [0.3, 0.4) is 0 Å². The van der Waals surface area contributed by atoms with E-state index in [0.29, 0.717) is 0 Å². The fraction of sp³-hybridized carbons (Fsp3) is 0. The number of benzene rings is 7. The van der Waals surface area contributed by atoms with Crippen LogP contribution < -0.4 is 0 Å². The molecule has 0 N–H and O–H groups in total.